The molecule has 5 nitrogen and oxygen atoms in total. The molecule has 5 heteroatoms. The molecule has 1 aromatic heterocycles. The Morgan fingerprint density at radius 1 is 1.32 bits per heavy atom. The molecule has 2 aromatic rings. The van der Waals surface area contributed by atoms with Crippen LogP contribution in [0.5, 0.6) is 0 Å². The summed E-state index contributed by atoms with van der Waals surface area (Å²) < 4.78 is 0. The number of aryl methyl sites for hydroxylation is 1. The highest BCUT2D eigenvalue weighted by atomic mass is 15.3. The lowest BCUT2D eigenvalue weighted by Crippen LogP contribution is -2.06. The maximum absolute atomic E-state index is 4.33. The molecule has 0 amide bonds. The number of hydrogen-bond acceptors (Lipinski definition) is 5. The van der Waals surface area contributed by atoms with Crippen molar-refractivity contribution in [2.45, 2.75) is 13.8 Å². The van der Waals surface area contributed by atoms with E-state index in [0.717, 1.165) is 5.69 Å². The van der Waals surface area contributed by atoms with E-state index in [2.05, 4.69) is 52.3 Å². The first kappa shape index (κ1) is 13.0. The van der Waals surface area contributed by atoms with Crippen LogP contribution in [0.1, 0.15) is 11.1 Å². The van der Waals surface area contributed by atoms with Crippen LogP contribution in [0.3, 0.4) is 0 Å². The number of benzene rings is 1. The number of nitrogens with zero attached hydrogens (tertiary/aromatic N) is 3. The minimum Gasteiger partial charge on any atom is -0.349 e. The average Bonchev–Trinajstić information content (AvgIpc) is 2.42. The van der Waals surface area contributed by atoms with Gasteiger partial charge in [0, 0.05) is 12.2 Å². The van der Waals surface area contributed by atoms with E-state index in [4.69, 9.17) is 0 Å². The van der Waals surface area contributed by atoms with Gasteiger partial charge in [-0.25, -0.2) is 0 Å². The molecule has 0 radical (unpaired) electrons. The largest absolute Gasteiger partial charge is 0.349 e. The van der Waals surface area contributed by atoms with Gasteiger partial charge in [-0.15, -0.1) is 11.7 Å². The molecule has 0 aliphatic heterocycles. The van der Waals surface area contributed by atoms with E-state index in [9.17, 15) is 0 Å². The fourth-order valence-corrected chi connectivity index (χ4v) is 1.63. The Kier molecular flexibility index (Phi) is 4.07. The molecule has 0 aliphatic rings. The molecule has 0 unspecified atom stereocenters. The number of nitrogens with one attached hydrogen (secondary N) is 2. The summed E-state index contributed by atoms with van der Waals surface area (Å²) in [6.07, 6.45) is 3.34. The molecule has 0 bridgehead atoms. The first-order valence-electron chi connectivity index (χ1n) is 6.08. The van der Waals surface area contributed by atoms with Gasteiger partial charge in [0.2, 0.25) is 5.95 Å². The van der Waals surface area contributed by atoms with Crippen molar-refractivity contribution in [2.75, 3.05) is 17.2 Å². The van der Waals surface area contributed by atoms with Crippen molar-refractivity contribution < 1.29 is 0 Å². The molecule has 2 N–H and O–H groups in total. The van der Waals surface area contributed by atoms with Crippen LogP contribution in [0.4, 0.5) is 17.5 Å². The van der Waals surface area contributed by atoms with Crippen LogP contribution in [0.2, 0.25) is 0 Å². The maximum Gasteiger partial charge on any atom is 0.244 e. The van der Waals surface area contributed by atoms with Crippen molar-refractivity contribution in [3.63, 3.8) is 0 Å². The van der Waals surface area contributed by atoms with Crippen LogP contribution >= 0.6 is 0 Å². The van der Waals surface area contributed by atoms with Gasteiger partial charge in [-0.3, -0.25) is 0 Å². The lowest BCUT2D eigenvalue weighted by Gasteiger charge is -2.10. The Hall–Kier alpha value is -2.43. The molecule has 1 aromatic carbocycles. The Morgan fingerprint density at radius 3 is 2.95 bits per heavy atom. The average molecular weight is 255 g/mol. The predicted octanol–water partition coefficient (Wildman–Crippen LogP) is 2.83. The van der Waals surface area contributed by atoms with Crippen molar-refractivity contribution in [3.8, 4) is 0 Å². The van der Waals surface area contributed by atoms with Gasteiger partial charge in [0.25, 0.3) is 0 Å². The first-order chi connectivity index (χ1) is 9.20. The molecule has 0 fully saturated rings. The summed E-state index contributed by atoms with van der Waals surface area (Å²) in [6.45, 7) is 8.39. The minimum absolute atomic E-state index is 0.482. The van der Waals surface area contributed by atoms with Crippen LogP contribution in [-0.2, 0) is 0 Å². The van der Waals surface area contributed by atoms with Gasteiger partial charge in [-0.1, -0.05) is 18.2 Å². The van der Waals surface area contributed by atoms with Crippen molar-refractivity contribution >= 4 is 17.5 Å². The Morgan fingerprint density at radius 2 is 2.16 bits per heavy atom. The van der Waals surface area contributed by atoms with Crippen molar-refractivity contribution in [2.24, 2.45) is 0 Å². The van der Waals surface area contributed by atoms with E-state index >= 15 is 0 Å². The number of aromatic nitrogens is 3. The molecule has 1 heterocycles. The fourth-order valence-electron chi connectivity index (χ4n) is 1.63. The second kappa shape index (κ2) is 5.95. The summed E-state index contributed by atoms with van der Waals surface area (Å²) in [7, 11) is 0. The molecule has 0 atom stereocenters. The Bertz CT molecular complexity index is 580. The standard InChI is InChI=1S/C14H17N5/c1-4-8-15-14-18-13(9-16-19-14)17-12-7-5-6-10(2)11(12)3/h4-7,9H,1,8H2,2-3H3,(H2,15,17,18,19). The van der Waals surface area contributed by atoms with E-state index in [1.165, 1.54) is 11.1 Å². The molecular formula is C14H17N5. The summed E-state index contributed by atoms with van der Waals surface area (Å²) in [5.41, 5.74) is 3.45. The maximum atomic E-state index is 4.33. The van der Waals surface area contributed by atoms with E-state index in [0.29, 0.717) is 18.3 Å². The van der Waals surface area contributed by atoms with Crippen molar-refractivity contribution in [1.29, 1.82) is 0 Å². The zero-order valence-corrected chi connectivity index (χ0v) is 11.1. The summed E-state index contributed by atoms with van der Waals surface area (Å²) in [5.74, 6) is 1.14. The van der Waals surface area contributed by atoms with Gasteiger partial charge in [0.1, 0.15) is 0 Å². The second-order valence-electron chi connectivity index (χ2n) is 4.21. The minimum atomic E-state index is 0.482. The molecule has 0 aliphatic carbocycles. The van der Waals surface area contributed by atoms with Crippen molar-refractivity contribution in [1.82, 2.24) is 15.2 Å². The van der Waals surface area contributed by atoms with Crippen LogP contribution in [-0.4, -0.2) is 21.7 Å². The number of hydrogen-bond donors (Lipinski definition) is 2. The molecule has 19 heavy (non-hydrogen) atoms. The normalized spacial score (nSPS) is 10.0. The smallest absolute Gasteiger partial charge is 0.244 e. The SMILES string of the molecule is C=CCNc1nncc(Nc2cccc(C)c2C)n1. The predicted molar refractivity (Wildman–Crippen MR) is 77.7 cm³/mol. The highest BCUT2D eigenvalue weighted by Crippen LogP contribution is 2.21. The molecule has 0 spiro atoms. The third-order valence-electron chi connectivity index (χ3n) is 2.83. The van der Waals surface area contributed by atoms with Crippen LogP contribution in [0.15, 0.2) is 37.1 Å². The third-order valence-corrected chi connectivity index (χ3v) is 2.83. The number of rotatable bonds is 5. The summed E-state index contributed by atoms with van der Waals surface area (Å²) >= 11 is 0. The summed E-state index contributed by atoms with van der Waals surface area (Å²) in [5, 5.41) is 14.1. The second-order valence-corrected chi connectivity index (χ2v) is 4.21. The molecule has 98 valence electrons. The van der Waals surface area contributed by atoms with Crippen LogP contribution < -0.4 is 10.6 Å². The van der Waals surface area contributed by atoms with E-state index < -0.39 is 0 Å². The van der Waals surface area contributed by atoms with Gasteiger partial charge in [-0.05, 0) is 31.0 Å². The van der Waals surface area contributed by atoms with E-state index in [1.54, 1.807) is 12.3 Å². The fraction of sp³-hybridized carbons (Fsp3) is 0.214. The van der Waals surface area contributed by atoms with Crippen molar-refractivity contribution in [3.05, 3.63) is 48.2 Å². The summed E-state index contributed by atoms with van der Waals surface area (Å²) in [6, 6.07) is 6.10. The quantitative estimate of drug-likeness (QED) is 0.804. The highest BCUT2D eigenvalue weighted by molar-refractivity contribution is 5.61. The molecule has 0 saturated carbocycles. The van der Waals surface area contributed by atoms with Gasteiger partial charge in [0.15, 0.2) is 5.82 Å². The first-order valence-corrected chi connectivity index (χ1v) is 6.08. The van der Waals surface area contributed by atoms with Gasteiger partial charge in [-0.2, -0.15) is 10.1 Å². The zero-order chi connectivity index (χ0) is 13.7. The zero-order valence-electron chi connectivity index (χ0n) is 11.1. The lowest BCUT2D eigenvalue weighted by molar-refractivity contribution is 0.967. The Balaban J connectivity index is 2.18. The monoisotopic (exact) mass is 255 g/mol. The lowest BCUT2D eigenvalue weighted by atomic mass is 10.1. The Labute approximate surface area is 112 Å². The summed E-state index contributed by atoms with van der Waals surface area (Å²) in [4.78, 5) is 4.33. The van der Waals surface area contributed by atoms with Crippen LogP contribution in [0.25, 0.3) is 0 Å². The topological polar surface area (TPSA) is 62.7 Å². The van der Waals surface area contributed by atoms with Gasteiger partial charge < -0.3 is 10.6 Å². The third kappa shape index (κ3) is 3.28. The number of anilines is 3. The van der Waals surface area contributed by atoms with E-state index in [-0.39, 0.29) is 0 Å². The molecule has 0 saturated heterocycles. The highest BCUT2D eigenvalue weighted by Gasteiger charge is 2.03. The van der Waals surface area contributed by atoms with Gasteiger partial charge in [0.05, 0.1) is 6.20 Å². The van der Waals surface area contributed by atoms with Gasteiger partial charge >= 0.3 is 0 Å². The van der Waals surface area contributed by atoms with E-state index in [1.807, 2.05) is 12.1 Å². The van der Waals surface area contributed by atoms with Crippen LogP contribution in [0, 0.1) is 13.8 Å². The molecule has 2 rings (SSSR count). The molecular weight excluding hydrogens is 238 g/mol.